The van der Waals surface area contributed by atoms with Gasteiger partial charge in [-0.2, -0.15) is 5.26 Å². The molecule has 1 aromatic carbocycles. The molecule has 2 saturated carbocycles. The molecule has 1 saturated heterocycles. The first-order valence-corrected chi connectivity index (χ1v) is 11.6. The van der Waals surface area contributed by atoms with E-state index >= 15 is 0 Å². The van der Waals surface area contributed by atoms with Crippen LogP contribution in [-0.2, 0) is 9.59 Å². The fourth-order valence-electron chi connectivity index (χ4n) is 5.36. The number of benzene rings is 1. The molecule has 0 radical (unpaired) electrons. The van der Waals surface area contributed by atoms with Crippen LogP contribution in [-0.4, -0.2) is 35.1 Å². The Labute approximate surface area is 187 Å². The van der Waals surface area contributed by atoms with Gasteiger partial charge in [-0.25, -0.2) is 0 Å². The number of nitrogens with one attached hydrogen (secondary N) is 1. The van der Waals surface area contributed by atoms with Crippen molar-refractivity contribution in [2.45, 2.75) is 63.8 Å². The summed E-state index contributed by atoms with van der Waals surface area (Å²) in [5.74, 6) is -0.677. The van der Waals surface area contributed by atoms with Gasteiger partial charge in [0.05, 0.1) is 6.04 Å². The second kappa shape index (κ2) is 9.00. The second-order valence-corrected chi connectivity index (χ2v) is 9.94. The van der Waals surface area contributed by atoms with Gasteiger partial charge in [0, 0.05) is 29.5 Å². The van der Waals surface area contributed by atoms with E-state index in [1.807, 2.05) is 0 Å². The first kappa shape index (κ1) is 21.8. The summed E-state index contributed by atoms with van der Waals surface area (Å²) >= 11 is 5.97. The lowest BCUT2D eigenvalue weighted by atomic mass is 9.89. The Morgan fingerprint density at radius 1 is 1.19 bits per heavy atom. The van der Waals surface area contributed by atoms with Crippen LogP contribution in [0, 0.1) is 28.7 Å². The van der Waals surface area contributed by atoms with Crippen LogP contribution in [0.3, 0.4) is 0 Å². The molecule has 3 aliphatic rings. The highest BCUT2D eigenvalue weighted by atomic mass is 35.5. The van der Waals surface area contributed by atoms with Crippen LogP contribution in [0.5, 0.6) is 0 Å². The van der Waals surface area contributed by atoms with Crippen molar-refractivity contribution in [1.29, 1.82) is 5.26 Å². The molecule has 3 fully saturated rings. The van der Waals surface area contributed by atoms with Gasteiger partial charge in [-0.3, -0.25) is 19.7 Å². The Kier molecular flexibility index (Phi) is 6.34. The minimum Gasteiger partial charge on any atom is -0.331 e. The van der Waals surface area contributed by atoms with E-state index in [4.69, 9.17) is 16.9 Å². The lowest BCUT2D eigenvalue weighted by molar-refractivity contribution is -0.139. The summed E-state index contributed by atoms with van der Waals surface area (Å²) in [6.07, 6.45) is 9.49. The maximum Gasteiger partial charge on any atom is 0.233 e. The SMILES string of the molecule is N#CNC(=O)C[C@@H](CC1CCCC1)C(=O)N1CC2(CC2)C[C@H]1C(=O)c1ccc(Cl)cc1. The maximum atomic E-state index is 13.7. The second-order valence-electron chi connectivity index (χ2n) is 9.50. The van der Waals surface area contributed by atoms with Crippen molar-refractivity contribution in [2.75, 3.05) is 6.54 Å². The fourth-order valence-corrected chi connectivity index (χ4v) is 5.49. The van der Waals surface area contributed by atoms with E-state index in [0.29, 0.717) is 35.9 Å². The van der Waals surface area contributed by atoms with E-state index < -0.39 is 17.9 Å². The maximum absolute atomic E-state index is 13.7. The van der Waals surface area contributed by atoms with Gasteiger partial charge in [0.1, 0.15) is 0 Å². The van der Waals surface area contributed by atoms with E-state index in [0.717, 1.165) is 38.5 Å². The molecule has 7 heteroatoms. The zero-order valence-electron chi connectivity index (χ0n) is 17.6. The van der Waals surface area contributed by atoms with Gasteiger partial charge in [-0.1, -0.05) is 37.3 Å². The molecular weight excluding hydrogens is 414 g/mol. The van der Waals surface area contributed by atoms with Gasteiger partial charge < -0.3 is 4.90 Å². The molecule has 6 nitrogen and oxygen atoms in total. The van der Waals surface area contributed by atoms with Crippen molar-refractivity contribution in [3.63, 3.8) is 0 Å². The number of Topliss-reactive ketones (excluding diaryl/α,β-unsaturated/α-hetero) is 1. The predicted molar refractivity (Wildman–Crippen MR) is 116 cm³/mol. The van der Waals surface area contributed by atoms with Gasteiger partial charge in [0.25, 0.3) is 0 Å². The van der Waals surface area contributed by atoms with Crippen molar-refractivity contribution in [2.24, 2.45) is 17.3 Å². The van der Waals surface area contributed by atoms with Crippen LogP contribution in [0.25, 0.3) is 0 Å². The molecule has 2 aliphatic carbocycles. The molecule has 2 amide bonds. The first-order valence-electron chi connectivity index (χ1n) is 11.2. The highest BCUT2D eigenvalue weighted by Gasteiger charge is 2.55. The third-order valence-electron chi connectivity index (χ3n) is 7.25. The Morgan fingerprint density at radius 2 is 1.87 bits per heavy atom. The highest BCUT2D eigenvalue weighted by molar-refractivity contribution is 6.30. The van der Waals surface area contributed by atoms with E-state index in [-0.39, 0.29) is 23.5 Å². The number of nitrogens with zero attached hydrogens (tertiary/aromatic N) is 2. The minimum absolute atomic E-state index is 0.00571. The van der Waals surface area contributed by atoms with Gasteiger partial charge in [0.15, 0.2) is 12.0 Å². The molecule has 0 bridgehead atoms. The number of carbonyl (C=O) groups is 3. The Morgan fingerprint density at radius 3 is 2.48 bits per heavy atom. The molecule has 1 heterocycles. The third-order valence-corrected chi connectivity index (χ3v) is 7.50. The Balaban J connectivity index is 1.55. The lowest BCUT2D eigenvalue weighted by Crippen LogP contribution is -2.45. The monoisotopic (exact) mass is 441 g/mol. The summed E-state index contributed by atoms with van der Waals surface area (Å²) in [6.45, 7) is 0.580. The Hall–Kier alpha value is -2.39. The van der Waals surface area contributed by atoms with E-state index in [1.165, 1.54) is 0 Å². The average molecular weight is 442 g/mol. The van der Waals surface area contributed by atoms with Crippen LogP contribution in [0.2, 0.25) is 5.02 Å². The van der Waals surface area contributed by atoms with Crippen molar-refractivity contribution in [3.8, 4) is 6.19 Å². The molecule has 1 aliphatic heterocycles. The lowest BCUT2D eigenvalue weighted by Gasteiger charge is -2.29. The summed E-state index contributed by atoms with van der Waals surface area (Å²) in [5.41, 5.74) is 0.606. The number of carbonyl (C=O) groups excluding carboxylic acids is 3. The number of nitriles is 1. The first-order chi connectivity index (χ1) is 14.9. The van der Waals surface area contributed by atoms with Crippen molar-refractivity contribution >= 4 is 29.2 Å². The third kappa shape index (κ3) is 4.93. The quantitative estimate of drug-likeness (QED) is 0.392. The van der Waals surface area contributed by atoms with E-state index in [9.17, 15) is 14.4 Å². The van der Waals surface area contributed by atoms with Crippen LogP contribution >= 0.6 is 11.6 Å². The number of hydrogen-bond acceptors (Lipinski definition) is 4. The van der Waals surface area contributed by atoms with Crippen molar-refractivity contribution in [3.05, 3.63) is 34.9 Å². The summed E-state index contributed by atoms with van der Waals surface area (Å²) in [5, 5.41) is 11.5. The summed E-state index contributed by atoms with van der Waals surface area (Å²) < 4.78 is 0. The standard InChI is InChI=1S/C24H28ClN3O3/c25-19-7-5-17(6-8-19)22(30)20-13-24(9-10-24)14-28(20)23(31)18(12-21(29)27-15-26)11-16-3-1-2-4-16/h5-8,16,18,20H,1-4,9-14H2,(H,27,29)/t18-,20+/m1/s1. The van der Waals surface area contributed by atoms with Crippen molar-refractivity contribution < 1.29 is 14.4 Å². The topological polar surface area (TPSA) is 90.3 Å². The average Bonchev–Trinajstić information content (AvgIpc) is 3.12. The normalized spacial score (nSPS) is 22.8. The molecular formula is C24H28ClN3O3. The number of likely N-dealkylation sites (tertiary alicyclic amines) is 1. The molecule has 0 aromatic heterocycles. The smallest absolute Gasteiger partial charge is 0.233 e. The van der Waals surface area contributed by atoms with Gasteiger partial charge in [-0.05, 0) is 61.3 Å². The molecule has 1 N–H and O–H groups in total. The van der Waals surface area contributed by atoms with Crippen LogP contribution in [0.1, 0.15) is 68.1 Å². The molecule has 1 aromatic rings. The summed E-state index contributed by atoms with van der Waals surface area (Å²) in [4.78, 5) is 40.9. The van der Waals surface area contributed by atoms with Crippen LogP contribution in [0.15, 0.2) is 24.3 Å². The number of amides is 2. The Bertz CT molecular complexity index is 898. The van der Waals surface area contributed by atoms with E-state index in [2.05, 4.69) is 5.32 Å². The molecule has 0 unspecified atom stereocenters. The number of halogens is 1. The molecule has 31 heavy (non-hydrogen) atoms. The summed E-state index contributed by atoms with van der Waals surface area (Å²) in [7, 11) is 0. The van der Waals surface area contributed by atoms with Crippen LogP contribution < -0.4 is 5.32 Å². The minimum atomic E-state index is -0.499. The van der Waals surface area contributed by atoms with Gasteiger partial charge >= 0.3 is 0 Å². The highest BCUT2D eigenvalue weighted by Crippen LogP contribution is 2.55. The van der Waals surface area contributed by atoms with Gasteiger partial charge in [0.2, 0.25) is 11.8 Å². The molecule has 1 spiro atoms. The van der Waals surface area contributed by atoms with Gasteiger partial charge in [-0.15, -0.1) is 0 Å². The molecule has 164 valence electrons. The summed E-state index contributed by atoms with van der Waals surface area (Å²) in [6, 6.07) is 6.31. The number of ketones is 1. The van der Waals surface area contributed by atoms with Crippen molar-refractivity contribution in [1.82, 2.24) is 10.2 Å². The largest absolute Gasteiger partial charge is 0.331 e. The molecule has 4 rings (SSSR count). The fraction of sp³-hybridized carbons (Fsp3) is 0.583. The number of hydrogen-bond donors (Lipinski definition) is 1. The van der Waals surface area contributed by atoms with Crippen LogP contribution in [0.4, 0.5) is 0 Å². The predicted octanol–water partition coefficient (Wildman–Crippen LogP) is 4.09. The number of rotatable bonds is 7. The zero-order chi connectivity index (χ0) is 22.0. The van der Waals surface area contributed by atoms with E-state index in [1.54, 1.807) is 35.4 Å². The molecule has 2 atom stereocenters. The zero-order valence-corrected chi connectivity index (χ0v) is 18.4.